The molecule has 0 aliphatic rings. The summed E-state index contributed by atoms with van der Waals surface area (Å²) in [6.45, 7) is 10.2. The van der Waals surface area contributed by atoms with Crippen molar-refractivity contribution in [3.05, 3.63) is 64.4 Å². The van der Waals surface area contributed by atoms with E-state index in [4.69, 9.17) is 4.42 Å². The second-order valence-electron chi connectivity index (χ2n) is 8.32. The van der Waals surface area contributed by atoms with Crippen LogP contribution in [-0.2, 0) is 4.79 Å². The number of hydrogen-bond donors (Lipinski definition) is 1. The lowest BCUT2D eigenvalue weighted by molar-refractivity contribution is -0.124. The van der Waals surface area contributed by atoms with Gasteiger partial charge in [-0.25, -0.2) is 4.68 Å². The molecule has 0 spiro atoms. The molecule has 0 aliphatic carbocycles. The molecule has 0 radical (unpaired) electrons. The highest BCUT2D eigenvalue weighted by molar-refractivity contribution is 5.83. The van der Waals surface area contributed by atoms with Crippen molar-refractivity contribution in [1.82, 2.24) is 19.5 Å². The minimum Gasteiger partial charge on any atom is -0.463 e. The van der Waals surface area contributed by atoms with Gasteiger partial charge >= 0.3 is 0 Å². The molecule has 0 fully saturated rings. The number of nitrogens with one attached hydrogen (secondary N) is 1. The molecule has 4 rings (SSSR count). The number of nitrogens with zero attached hydrogens (tertiary/aromatic N) is 4. The van der Waals surface area contributed by atoms with Crippen molar-refractivity contribution < 1.29 is 9.21 Å². The zero-order valence-corrected chi connectivity index (χ0v) is 19.7. The van der Waals surface area contributed by atoms with E-state index in [1.165, 1.54) is 15.9 Å². The van der Waals surface area contributed by atoms with E-state index in [2.05, 4.69) is 53.4 Å². The Kier molecular flexibility index (Phi) is 6.53. The summed E-state index contributed by atoms with van der Waals surface area (Å²) in [5.74, 6) is 0.439. The molecule has 0 bridgehead atoms. The number of carbonyl (C=O) groups is 1. The van der Waals surface area contributed by atoms with Gasteiger partial charge in [-0.15, -0.1) is 0 Å². The Bertz CT molecular complexity index is 1330. The van der Waals surface area contributed by atoms with Gasteiger partial charge in [-0.1, -0.05) is 19.1 Å². The summed E-state index contributed by atoms with van der Waals surface area (Å²) in [6, 6.07) is 11.3. The van der Waals surface area contributed by atoms with Gasteiger partial charge in [-0.3, -0.25) is 14.0 Å². The first-order valence-corrected chi connectivity index (χ1v) is 11.5. The van der Waals surface area contributed by atoms with Gasteiger partial charge in [0.1, 0.15) is 17.4 Å². The van der Waals surface area contributed by atoms with Crippen LogP contribution in [-0.4, -0.2) is 39.7 Å². The van der Waals surface area contributed by atoms with Gasteiger partial charge in [-0.2, -0.15) is 5.10 Å². The predicted molar refractivity (Wildman–Crippen MR) is 130 cm³/mol. The highest BCUT2D eigenvalue weighted by Gasteiger charge is 2.23. The van der Waals surface area contributed by atoms with Crippen LogP contribution in [0.4, 0.5) is 5.69 Å². The summed E-state index contributed by atoms with van der Waals surface area (Å²) in [7, 11) is 0. The van der Waals surface area contributed by atoms with E-state index in [1.54, 1.807) is 22.8 Å². The number of amides is 1. The third-order valence-electron chi connectivity index (χ3n) is 6.06. The van der Waals surface area contributed by atoms with Crippen LogP contribution in [0.5, 0.6) is 0 Å². The van der Waals surface area contributed by atoms with Gasteiger partial charge in [-0.05, 0) is 51.3 Å². The average molecular weight is 450 g/mol. The number of benzene rings is 1. The SMILES string of the molecule is CC[C@H](C(=O)NCCCN(CC)c1cccc(C)c1)n1nc(C)n2c(cc3occc32)c1=O. The lowest BCUT2D eigenvalue weighted by atomic mass is 10.2. The molecule has 0 aliphatic heterocycles. The van der Waals surface area contributed by atoms with Crippen LogP contribution in [0.25, 0.3) is 16.6 Å². The minimum atomic E-state index is -0.665. The van der Waals surface area contributed by atoms with E-state index < -0.39 is 6.04 Å². The van der Waals surface area contributed by atoms with E-state index in [0.29, 0.717) is 29.9 Å². The van der Waals surface area contributed by atoms with Crippen molar-refractivity contribution in [3.8, 4) is 0 Å². The van der Waals surface area contributed by atoms with Crippen molar-refractivity contribution in [2.24, 2.45) is 0 Å². The number of furan rings is 1. The Morgan fingerprint density at radius 1 is 1.18 bits per heavy atom. The molecule has 0 saturated heterocycles. The Morgan fingerprint density at radius 2 is 2.00 bits per heavy atom. The fourth-order valence-corrected chi connectivity index (χ4v) is 4.37. The number of rotatable bonds is 9. The predicted octanol–water partition coefficient (Wildman–Crippen LogP) is 3.84. The van der Waals surface area contributed by atoms with Crippen molar-refractivity contribution in [2.75, 3.05) is 24.5 Å². The molecular formula is C25H31N5O3. The van der Waals surface area contributed by atoms with Gasteiger partial charge in [0.15, 0.2) is 5.58 Å². The number of carbonyl (C=O) groups excluding carboxylic acids is 1. The monoisotopic (exact) mass is 449 g/mol. The third kappa shape index (κ3) is 4.37. The zero-order valence-electron chi connectivity index (χ0n) is 19.7. The third-order valence-corrected chi connectivity index (χ3v) is 6.06. The average Bonchev–Trinajstić information content (AvgIpc) is 3.39. The fourth-order valence-electron chi connectivity index (χ4n) is 4.37. The lowest BCUT2D eigenvalue weighted by Crippen LogP contribution is -2.40. The highest BCUT2D eigenvalue weighted by atomic mass is 16.3. The maximum atomic E-state index is 13.1. The maximum absolute atomic E-state index is 13.1. The fraction of sp³-hybridized carbons (Fsp3) is 0.400. The standard InChI is InChI=1S/C25H31N5O3/c1-5-20(24(31)26-12-8-13-28(6-2)19-10-7-9-17(3)15-19)30-25(32)22-16-23-21(11-14-33-23)29(22)18(4)27-30/h7,9-11,14-16,20H,5-6,8,12-13H2,1-4H3,(H,26,31)/t20-/m1/s1. The van der Waals surface area contributed by atoms with Crippen LogP contribution in [0, 0.1) is 13.8 Å². The Balaban J connectivity index is 1.44. The Hall–Kier alpha value is -3.55. The number of hydrogen-bond acceptors (Lipinski definition) is 5. The lowest BCUT2D eigenvalue weighted by Gasteiger charge is -2.24. The number of fused-ring (bicyclic) bond motifs is 3. The Labute approximate surface area is 192 Å². The van der Waals surface area contributed by atoms with Gasteiger partial charge in [0.05, 0.1) is 11.8 Å². The zero-order chi connectivity index (χ0) is 23.5. The first kappa shape index (κ1) is 22.6. The summed E-state index contributed by atoms with van der Waals surface area (Å²) < 4.78 is 8.52. The molecule has 3 heterocycles. The van der Waals surface area contributed by atoms with Crippen LogP contribution in [0.2, 0.25) is 0 Å². The van der Waals surface area contributed by atoms with E-state index in [0.717, 1.165) is 25.0 Å². The molecule has 1 amide bonds. The van der Waals surface area contributed by atoms with Gasteiger partial charge in [0, 0.05) is 37.5 Å². The van der Waals surface area contributed by atoms with Gasteiger partial charge in [0.25, 0.3) is 5.56 Å². The smallest absolute Gasteiger partial charge is 0.291 e. The Morgan fingerprint density at radius 3 is 2.73 bits per heavy atom. The van der Waals surface area contributed by atoms with Gasteiger partial charge in [0.2, 0.25) is 5.91 Å². The van der Waals surface area contributed by atoms with Gasteiger partial charge < -0.3 is 14.6 Å². The first-order chi connectivity index (χ1) is 15.9. The van der Waals surface area contributed by atoms with E-state index in [1.807, 2.05) is 13.8 Å². The molecule has 3 aromatic heterocycles. The largest absolute Gasteiger partial charge is 0.463 e. The second kappa shape index (κ2) is 9.52. The number of anilines is 1. The second-order valence-corrected chi connectivity index (χ2v) is 8.32. The molecule has 174 valence electrons. The molecule has 33 heavy (non-hydrogen) atoms. The molecule has 0 unspecified atom stereocenters. The number of aryl methyl sites for hydroxylation is 2. The topological polar surface area (TPSA) is 84.8 Å². The van der Waals surface area contributed by atoms with E-state index >= 15 is 0 Å². The van der Waals surface area contributed by atoms with E-state index in [9.17, 15) is 9.59 Å². The van der Waals surface area contributed by atoms with Crippen molar-refractivity contribution in [1.29, 1.82) is 0 Å². The van der Waals surface area contributed by atoms with Crippen LogP contribution < -0.4 is 15.8 Å². The van der Waals surface area contributed by atoms with Crippen LogP contribution >= 0.6 is 0 Å². The van der Waals surface area contributed by atoms with Crippen molar-refractivity contribution >= 4 is 28.2 Å². The molecule has 8 nitrogen and oxygen atoms in total. The summed E-state index contributed by atoms with van der Waals surface area (Å²) in [6.07, 6.45) is 2.86. The molecule has 1 N–H and O–H groups in total. The molecule has 1 atom stereocenters. The van der Waals surface area contributed by atoms with E-state index in [-0.39, 0.29) is 11.5 Å². The molecule has 0 saturated carbocycles. The summed E-state index contributed by atoms with van der Waals surface area (Å²) in [4.78, 5) is 28.4. The van der Waals surface area contributed by atoms with Crippen LogP contribution in [0.3, 0.4) is 0 Å². The first-order valence-electron chi connectivity index (χ1n) is 11.5. The molecule has 8 heteroatoms. The normalized spacial score (nSPS) is 12.4. The van der Waals surface area contributed by atoms with Crippen molar-refractivity contribution in [2.45, 2.75) is 46.6 Å². The molecule has 1 aromatic carbocycles. The summed E-state index contributed by atoms with van der Waals surface area (Å²) >= 11 is 0. The van der Waals surface area contributed by atoms with Crippen molar-refractivity contribution in [3.63, 3.8) is 0 Å². The molecular weight excluding hydrogens is 418 g/mol. The van der Waals surface area contributed by atoms with Crippen LogP contribution in [0.15, 0.2) is 51.9 Å². The maximum Gasteiger partial charge on any atom is 0.291 e. The summed E-state index contributed by atoms with van der Waals surface area (Å²) in [5, 5.41) is 7.47. The molecule has 4 aromatic rings. The summed E-state index contributed by atoms with van der Waals surface area (Å²) in [5.41, 5.74) is 4.00. The quantitative estimate of drug-likeness (QED) is 0.393. The minimum absolute atomic E-state index is 0.190. The van der Waals surface area contributed by atoms with Crippen LogP contribution in [0.1, 0.15) is 44.1 Å². The number of aromatic nitrogens is 3. The highest BCUT2D eigenvalue weighted by Crippen LogP contribution is 2.21.